The van der Waals surface area contributed by atoms with Gasteiger partial charge < -0.3 is 19.5 Å². The van der Waals surface area contributed by atoms with E-state index in [1.165, 1.54) is 6.07 Å². The maximum atomic E-state index is 13.3. The molecule has 1 aromatic heterocycles. The van der Waals surface area contributed by atoms with Gasteiger partial charge in [-0.2, -0.15) is 0 Å². The maximum absolute atomic E-state index is 13.3. The van der Waals surface area contributed by atoms with Crippen LogP contribution in [0.5, 0.6) is 11.5 Å². The van der Waals surface area contributed by atoms with Crippen LogP contribution in [0.25, 0.3) is 0 Å². The molecular formula is C22H26N2O5. The number of phenols is 1. The number of hydrogen-bond acceptors (Lipinski definition) is 6. The molecule has 1 aromatic carbocycles. The van der Waals surface area contributed by atoms with Crippen LogP contribution in [0.15, 0.2) is 36.5 Å². The molecule has 1 aliphatic heterocycles. The van der Waals surface area contributed by atoms with Gasteiger partial charge in [0.2, 0.25) is 0 Å². The summed E-state index contributed by atoms with van der Waals surface area (Å²) in [5.74, 6) is 0.136. The molecule has 0 radical (unpaired) electrons. The average Bonchev–Trinajstić information content (AvgIpc) is 2.76. The number of hydrogen-bond donors (Lipinski definition) is 1. The normalized spacial score (nSPS) is 16.4. The summed E-state index contributed by atoms with van der Waals surface area (Å²) in [6.07, 6.45) is 5.57. The largest absolute Gasteiger partial charge is 0.507 e. The van der Waals surface area contributed by atoms with Gasteiger partial charge in [-0.1, -0.05) is 6.07 Å². The van der Waals surface area contributed by atoms with Crippen molar-refractivity contribution < 1.29 is 24.2 Å². The zero-order valence-corrected chi connectivity index (χ0v) is 16.5. The van der Waals surface area contributed by atoms with E-state index in [-0.39, 0.29) is 29.9 Å². The number of likely N-dealkylation sites (tertiary alicyclic amines) is 1. The summed E-state index contributed by atoms with van der Waals surface area (Å²) < 4.78 is 11.0. The summed E-state index contributed by atoms with van der Waals surface area (Å²) >= 11 is 0. The Hall–Kier alpha value is -2.93. The lowest BCUT2D eigenvalue weighted by Crippen LogP contribution is -2.47. The van der Waals surface area contributed by atoms with Crippen molar-refractivity contribution in [3.63, 3.8) is 0 Å². The first-order valence-corrected chi connectivity index (χ1v) is 9.79. The Labute approximate surface area is 170 Å². The first-order chi connectivity index (χ1) is 14.2. The molecule has 0 bridgehead atoms. The minimum atomic E-state index is -0.118. The highest BCUT2D eigenvalue weighted by Gasteiger charge is 2.29. The van der Waals surface area contributed by atoms with Gasteiger partial charge in [-0.15, -0.1) is 0 Å². The topological polar surface area (TPSA) is 89.0 Å². The Morgan fingerprint density at radius 2 is 2.17 bits per heavy atom. The van der Waals surface area contributed by atoms with Crippen molar-refractivity contribution in [1.82, 2.24) is 9.88 Å². The Bertz CT molecular complexity index is 855. The van der Waals surface area contributed by atoms with Gasteiger partial charge in [0.05, 0.1) is 29.5 Å². The number of methoxy groups -OCH3 is 1. The van der Waals surface area contributed by atoms with Crippen molar-refractivity contribution in [3.05, 3.63) is 53.3 Å². The Morgan fingerprint density at radius 3 is 2.97 bits per heavy atom. The molecule has 2 heterocycles. The van der Waals surface area contributed by atoms with Crippen molar-refractivity contribution in [2.24, 2.45) is 0 Å². The van der Waals surface area contributed by atoms with E-state index < -0.39 is 0 Å². The molecule has 1 unspecified atom stereocenters. The fourth-order valence-corrected chi connectivity index (χ4v) is 3.59. The van der Waals surface area contributed by atoms with Gasteiger partial charge in [0, 0.05) is 26.3 Å². The van der Waals surface area contributed by atoms with Gasteiger partial charge in [0.25, 0.3) is 5.91 Å². The van der Waals surface area contributed by atoms with Crippen molar-refractivity contribution in [1.29, 1.82) is 0 Å². The summed E-state index contributed by atoms with van der Waals surface area (Å²) in [6.45, 7) is 1.39. The van der Waals surface area contributed by atoms with Crippen molar-refractivity contribution in [3.8, 4) is 11.5 Å². The standard InChI is InChI=1S/C22H26N2O5/c1-28-13-10-19-17(7-5-11-23-19)22(27)24-12-3-2-6-16(24)15-29-21-9-4-8-20(26)18(21)14-25/h4-5,7-9,11,14,16,26H,2-3,6,10,12-13,15H2,1H3. The third-order valence-corrected chi connectivity index (χ3v) is 5.14. The van der Waals surface area contributed by atoms with Gasteiger partial charge in [0.1, 0.15) is 18.1 Å². The lowest BCUT2D eigenvalue weighted by Gasteiger charge is -2.36. The van der Waals surface area contributed by atoms with E-state index in [4.69, 9.17) is 9.47 Å². The second-order valence-corrected chi connectivity index (χ2v) is 7.01. The van der Waals surface area contributed by atoms with Gasteiger partial charge in [-0.3, -0.25) is 14.6 Å². The average molecular weight is 398 g/mol. The fraction of sp³-hybridized carbons (Fsp3) is 0.409. The highest BCUT2D eigenvalue weighted by Crippen LogP contribution is 2.27. The first-order valence-electron chi connectivity index (χ1n) is 9.79. The van der Waals surface area contributed by atoms with E-state index in [1.807, 2.05) is 4.90 Å². The molecule has 3 rings (SSSR count). The fourth-order valence-electron chi connectivity index (χ4n) is 3.59. The van der Waals surface area contributed by atoms with E-state index in [2.05, 4.69) is 4.98 Å². The van der Waals surface area contributed by atoms with Crippen molar-refractivity contribution in [2.45, 2.75) is 31.7 Å². The minimum Gasteiger partial charge on any atom is -0.507 e. The van der Waals surface area contributed by atoms with Gasteiger partial charge >= 0.3 is 0 Å². The number of carbonyl (C=O) groups excluding carboxylic acids is 2. The summed E-state index contributed by atoms with van der Waals surface area (Å²) in [6, 6.07) is 8.15. The number of aromatic nitrogens is 1. The molecule has 1 aliphatic rings. The number of pyridine rings is 1. The monoisotopic (exact) mass is 398 g/mol. The van der Waals surface area contributed by atoms with Crippen molar-refractivity contribution >= 4 is 12.2 Å². The van der Waals surface area contributed by atoms with E-state index in [9.17, 15) is 14.7 Å². The molecule has 7 heteroatoms. The predicted molar refractivity (Wildman–Crippen MR) is 107 cm³/mol. The molecule has 2 aromatic rings. The van der Waals surface area contributed by atoms with Crippen LogP contribution >= 0.6 is 0 Å². The van der Waals surface area contributed by atoms with E-state index >= 15 is 0 Å². The summed E-state index contributed by atoms with van der Waals surface area (Å²) in [5.41, 5.74) is 1.43. The molecule has 1 amide bonds. The van der Waals surface area contributed by atoms with E-state index in [0.717, 1.165) is 25.0 Å². The SMILES string of the molecule is COCCc1ncccc1C(=O)N1CCCCC1COc1cccc(O)c1C=O. The highest BCUT2D eigenvalue weighted by atomic mass is 16.5. The zero-order chi connectivity index (χ0) is 20.6. The Balaban J connectivity index is 1.76. The van der Waals surface area contributed by atoms with Gasteiger partial charge in [-0.05, 0) is 43.5 Å². The molecular weight excluding hydrogens is 372 g/mol. The van der Waals surface area contributed by atoms with Crippen LogP contribution in [-0.2, 0) is 11.2 Å². The number of nitrogens with zero attached hydrogens (tertiary/aromatic N) is 2. The maximum Gasteiger partial charge on any atom is 0.256 e. The van der Waals surface area contributed by atoms with E-state index in [0.29, 0.717) is 37.2 Å². The number of phenolic OH excluding ortho intramolecular Hbond substituents is 1. The molecule has 0 aliphatic carbocycles. The molecule has 1 atom stereocenters. The number of carbonyl (C=O) groups is 2. The smallest absolute Gasteiger partial charge is 0.256 e. The lowest BCUT2D eigenvalue weighted by atomic mass is 10.0. The molecule has 0 saturated carbocycles. The third-order valence-electron chi connectivity index (χ3n) is 5.14. The number of piperidine rings is 1. The predicted octanol–water partition coefficient (Wildman–Crippen LogP) is 2.86. The molecule has 1 N–H and O–H groups in total. The molecule has 1 fully saturated rings. The van der Waals surface area contributed by atoms with Crippen LogP contribution < -0.4 is 4.74 Å². The number of aromatic hydroxyl groups is 1. The van der Waals surface area contributed by atoms with Crippen LogP contribution in [0.2, 0.25) is 0 Å². The lowest BCUT2D eigenvalue weighted by molar-refractivity contribution is 0.0524. The van der Waals surface area contributed by atoms with Gasteiger partial charge in [-0.25, -0.2) is 0 Å². The van der Waals surface area contributed by atoms with Crippen LogP contribution in [0.4, 0.5) is 0 Å². The summed E-state index contributed by atoms with van der Waals surface area (Å²) in [7, 11) is 1.62. The molecule has 1 saturated heterocycles. The van der Waals surface area contributed by atoms with Crippen molar-refractivity contribution in [2.75, 3.05) is 26.9 Å². The Kier molecular flexibility index (Phi) is 7.19. The van der Waals surface area contributed by atoms with E-state index in [1.54, 1.807) is 37.6 Å². The number of rotatable bonds is 8. The molecule has 7 nitrogen and oxygen atoms in total. The molecule has 0 spiro atoms. The summed E-state index contributed by atoms with van der Waals surface area (Å²) in [5, 5.41) is 9.83. The Morgan fingerprint density at radius 1 is 1.31 bits per heavy atom. The van der Waals surface area contributed by atoms with Crippen LogP contribution in [0.3, 0.4) is 0 Å². The second-order valence-electron chi connectivity index (χ2n) is 7.01. The highest BCUT2D eigenvalue weighted by molar-refractivity contribution is 5.95. The third kappa shape index (κ3) is 4.92. The number of aldehydes is 1. The minimum absolute atomic E-state index is 0.0657. The second kappa shape index (κ2) is 10.0. The molecule has 154 valence electrons. The zero-order valence-electron chi connectivity index (χ0n) is 16.5. The van der Waals surface area contributed by atoms with Crippen LogP contribution in [0, 0.1) is 0 Å². The van der Waals surface area contributed by atoms with Crippen LogP contribution in [0.1, 0.15) is 45.7 Å². The molecule has 29 heavy (non-hydrogen) atoms. The quantitative estimate of drug-likeness (QED) is 0.688. The number of amides is 1. The van der Waals surface area contributed by atoms with Gasteiger partial charge in [0.15, 0.2) is 6.29 Å². The van der Waals surface area contributed by atoms with Crippen LogP contribution in [-0.4, -0.2) is 60.1 Å². The number of benzene rings is 1. The first kappa shape index (κ1) is 20.8. The number of ether oxygens (including phenoxy) is 2. The summed E-state index contributed by atoms with van der Waals surface area (Å²) in [4.78, 5) is 30.7.